The fourth-order valence-corrected chi connectivity index (χ4v) is 3.60. The molecule has 1 unspecified atom stereocenters. The van der Waals surface area contributed by atoms with E-state index in [1.165, 1.54) is 17.5 Å². The summed E-state index contributed by atoms with van der Waals surface area (Å²) in [5.41, 5.74) is 3.98. The van der Waals surface area contributed by atoms with Crippen LogP contribution in [0.1, 0.15) is 35.1 Å². The van der Waals surface area contributed by atoms with Crippen LogP contribution in [0.15, 0.2) is 48.5 Å². The Bertz CT molecular complexity index is 852. The predicted molar refractivity (Wildman–Crippen MR) is 93.9 cm³/mol. The molecular weight excluding hydrogens is 298 g/mol. The van der Waals surface area contributed by atoms with Gasteiger partial charge in [0.25, 0.3) is 0 Å². The van der Waals surface area contributed by atoms with E-state index in [2.05, 4.69) is 34.3 Å². The molecule has 1 aliphatic carbocycles. The van der Waals surface area contributed by atoms with Crippen molar-refractivity contribution in [2.75, 3.05) is 7.11 Å². The molecule has 1 aliphatic rings. The average Bonchev–Trinajstić information content (AvgIpc) is 3.19. The highest BCUT2D eigenvalue weighted by atomic mass is 16.5. The molecule has 0 saturated carbocycles. The Balaban J connectivity index is 1.65. The number of benzene rings is 2. The van der Waals surface area contributed by atoms with Gasteiger partial charge in [0.1, 0.15) is 17.4 Å². The molecule has 4 heteroatoms. The summed E-state index contributed by atoms with van der Waals surface area (Å²) in [6.07, 6.45) is 3.27. The number of rotatable bonds is 4. The average molecular weight is 319 g/mol. The van der Waals surface area contributed by atoms with E-state index >= 15 is 0 Å². The second-order valence-corrected chi connectivity index (χ2v) is 6.32. The molecule has 1 heterocycles. The normalized spacial score (nSPS) is 16.2. The van der Waals surface area contributed by atoms with Crippen LogP contribution in [0, 0.1) is 6.92 Å². The maximum absolute atomic E-state index is 5.24. The Morgan fingerprint density at radius 3 is 2.71 bits per heavy atom. The van der Waals surface area contributed by atoms with Crippen molar-refractivity contribution < 1.29 is 4.74 Å². The van der Waals surface area contributed by atoms with Crippen LogP contribution >= 0.6 is 0 Å². The maximum Gasteiger partial charge on any atom is 0.148 e. The highest BCUT2D eigenvalue weighted by Crippen LogP contribution is 2.35. The zero-order valence-electron chi connectivity index (χ0n) is 14.1. The van der Waals surface area contributed by atoms with Gasteiger partial charge in [-0.1, -0.05) is 24.3 Å². The Morgan fingerprint density at radius 2 is 1.92 bits per heavy atom. The summed E-state index contributed by atoms with van der Waals surface area (Å²) >= 11 is 0. The van der Waals surface area contributed by atoms with E-state index in [9.17, 15) is 0 Å². The van der Waals surface area contributed by atoms with Crippen molar-refractivity contribution in [3.05, 3.63) is 71.3 Å². The number of nitrogens with zero attached hydrogens (tertiary/aromatic N) is 3. The molecule has 0 radical (unpaired) electrons. The number of ether oxygens (including phenoxy) is 1. The number of hydrogen-bond donors (Lipinski definition) is 0. The third kappa shape index (κ3) is 2.68. The third-order valence-electron chi connectivity index (χ3n) is 4.78. The molecule has 0 amide bonds. The summed E-state index contributed by atoms with van der Waals surface area (Å²) in [5, 5.41) is 4.60. The molecule has 3 aromatic rings. The van der Waals surface area contributed by atoms with Crippen LogP contribution in [0.4, 0.5) is 0 Å². The van der Waals surface area contributed by atoms with Gasteiger partial charge in [0.15, 0.2) is 0 Å². The molecule has 0 fully saturated rings. The van der Waals surface area contributed by atoms with Crippen molar-refractivity contribution in [2.45, 2.75) is 32.1 Å². The first-order valence-corrected chi connectivity index (χ1v) is 8.39. The summed E-state index contributed by atoms with van der Waals surface area (Å²) in [7, 11) is 1.68. The first-order valence-electron chi connectivity index (χ1n) is 8.39. The summed E-state index contributed by atoms with van der Waals surface area (Å²) in [6.45, 7) is 1.95. The smallest absolute Gasteiger partial charge is 0.148 e. The summed E-state index contributed by atoms with van der Waals surface area (Å²) in [5.74, 6) is 3.22. The molecule has 4 rings (SSSR count). The zero-order valence-corrected chi connectivity index (χ0v) is 14.1. The summed E-state index contributed by atoms with van der Waals surface area (Å²) < 4.78 is 7.21. The van der Waals surface area contributed by atoms with Gasteiger partial charge < -0.3 is 4.74 Å². The molecule has 122 valence electrons. The van der Waals surface area contributed by atoms with Crippen molar-refractivity contribution in [3.63, 3.8) is 0 Å². The molecule has 1 atom stereocenters. The lowest BCUT2D eigenvalue weighted by molar-refractivity contribution is 0.414. The number of fused-ring (bicyclic) bond motifs is 1. The highest BCUT2D eigenvalue weighted by Gasteiger charge is 2.24. The molecule has 0 aliphatic heterocycles. The predicted octanol–water partition coefficient (Wildman–Crippen LogP) is 3.86. The zero-order chi connectivity index (χ0) is 16.5. The fraction of sp³-hybridized carbons (Fsp3) is 0.300. The second-order valence-electron chi connectivity index (χ2n) is 6.32. The van der Waals surface area contributed by atoms with Crippen LogP contribution in [0.5, 0.6) is 5.75 Å². The van der Waals surface area contributed by atoms with E-state index in [0.717, 1.165) is 35.9 Å². The van der Waals surface area contributed by atoms with Crippen LogP contribution in [0.25, 0.3) is 5.69 Å². The van der Waals surface area contributed by atoms with E-state index < -0.39 is 0 Å². The first-order chi connectivity index (χ1) is 11.7. The van der Waals surface area contributed by atoms with Crippen LogP contribution in [0.3, 0.4) is 0 Å². The molecule has 0 bridgehead atoms. The minimum atomic E-state index is 0.529. The van der Waals surface area contributed by atoms with Gasteiger partial charge in [-0.25, -0.2) is 9.67 Å². The van der Waals surface area contributed by atoms with Crippen molar-refractivity contribution >= 4 is 0 Å². The topological polar surface area (TPSA) is 39.9 Å². The van der Waals surface area contributed by atoms with Crippen molar-refractivity contribution in [1.29, 1.82) is 0 Å². The van der Waals surface area contributed by atoms with Crippen LogP contribution in [-0.2, 0) is 12.8 Å². The van der Waals surface area contributed by atoms with Crippen molar-refractivity contribution in [2.24, 2.45) is 0 Å². The number of hydrogen-bond acceptors (Lipinski definition) is 3. The lowest BCUT2D eigenvalue weighted by Crippen LogP contribution is -2.07. The first kappa shape index (κ1) is 14.9. The van der Waals surface area contributed by atoms with Crippen LogP contribution < -0.4 is 4.74 Å². The highest BCUT2D eigenvalue weighted by molar-refractivity contribution is 5.39. The minimum Gasteiger partial charge on any atom is -0.497 e. The monoisotopic (exact) mass is 319 g/mol. The quantitative estimate of drug-likeness (QED) is 0.733. The van der Waals surface area contributed by atoms with E-state index in [0.29, 0.717) is 5.92 Å². The molecule has 1 aromatic heterocycles. The van der Waals surface area contributed by atoms with E-state index in [4.69, 9.17) is 4.74 Å². The van der Waals surface area contributed by atoms with Crippen molar-refractivity contribution in [1.82, 2.24) is 14.8 Å². The summed E-state index contributed by atoms with van der Waals surface area (Å²) in [6, 6.07) is 16.7. The number of aryl methyl sites for hydroxylation is 2. The SMILES string of the molecule is COc1ccc(-n2nc(C)nc2CC2CCc3ccccc32)cc1. The van der Waals surface area contributed by atoms with Crippen LogP contribution in [-0.4, -0.2) is 21.9 Å². The Labute approximate surface area is 142 Å². The lowest BCUT2D eigenvalue weighted by atomic mass is 9.97. The largest absolute Gasteiger partial charge is 0.497 e. The molecular formula is C20H21N3O. The van der Waals surface area contributed by atoms with Gasteiger partial charge in [-0.15, -0.1) is 0 Å². The second kappa shape index (κ2) is 6.11. The number of methoxy groups -OCH3 is 1. The summed E-state index contributed by atoms with van der Waals surface area (Å²) in [4.78, 5) is 4.69. The fourth-order valence-electron chi connectivity index (χ4n) is 3.60. The van der Waals surface area contributed by atoms with Gasteiger partial charge in [0.2, 0.25) is 0 Å². The Morgan fingerprint density at radius 1 is 1.12 bits per heavy atom. The standard InChI is InChI=1S/C20H21N3O/c1-14-21-20(13-16-8-7-15-5-3-4-6-19(15)16)23(22-14)17-9-11-18(24-2)12-10-17/h3-6,9-12,16H,7-8,13H2,1-2H3. The van der Waals surface area contributed by atoms with Gasteiger partial charge in [-0.2, -0.15) is 5.10 Å². The Hall–Kier alpha value is -2.62. The molecule has 0 spiro atoms. The third-order valence-corrected chi connectivity index (χ3v) is 4.78. The molecule has 0 N–H and O–H groups in total. The maximum atomic E-state index is 5.24. The van der Waals surface area contributed by atoms with E-state index in [1.54, 1.807) is 7.11 Å². The van der Waals surface area contributed by atoms with Gasteiger partial charge in [0, 0.05) is 6.42 Å². The molecule has 0 saturated heterocycles. The van der Waals surface area contributed by atoms with Crippen molar-refractivity contribution in [3.8, 4) is 11.4 Å². The van der Waals surface area contributed by atoms with Gasteiger partial charge in [-0.05, 0) is 61.1 Å². The molecule has 4 nitrogen and oxygen atoms in total. The lowest BCUT2D eigenvalue weighted by Gasteiger charge is -2.12. The minimum absolute atomic E-state index is 0.529. The van der Waals surface area contributed by atoms with Gasteiger partial charge in [0.05, 0.1) is 12.8 Å². The molecule has 2 aromatic carbocycles. The van der Waals surface area contributed by atoms with Gasteiger partial charge >= 0.3 is 0 Å². The number of aromatic nitrogens is 3. The Kier molecular flexibility index (Phi) is 3.81. The van der Waals surface area contributed by atoms with E-state index in [1.807, 2.05) is 35.9 Å². The van der Waals surface area contributed by atoms with Gasteiger partial charge in [-0.3, -0.25) is 0 Å². The van der Waals surface area contributed by atoms with E-state index in [-0.39, 0.29) is 0 Å². The molecule has 24 heavy (non-hydrogen) atoms. The van der Waals surface area contributed by atoms with Crippen LogP contribution in [0.2, 0.25) is 0 Å².